The van der Waals surface area contributed by atoms with Crippen molar-refractivity contribution in [3.8, 4) is 0 Å². The lowest BCUT2D eigenvalue weighted by Crippen LogP contribution is -2.44. The number of aromatic nitrogens is 1. The Morgan fingerprint density at radius 3 is 2.71 bits per heavy atom. The summed E-state index contributed by atoms with van der Waals surface area (Å²) in [6.07, 6.45) is 0. The summed E-state index contributed by atoms with van der Waals surface area (Å²) in [5.74, 6) is 1.13. The van der Waals surface area contributed by atoms with Crippen molar-refractivity contribution in [1.82, 2.24) is 9.88 Å². The van der Waals surface area contributed by atoms with Gasteiger partial charge in [0.2, 0.25) is 0 Å². The second-order valence-electron chi connectivity index (χ2n) is 5.55. The highest BCUT2D eigenvalue weighted by Gasteiger charge is 2.19. The molecule has 0 amide bonds. The molecule has 1 aliphatic rings. The molecule has 1 fully saturated rings. The van der Waals surface area contributed by atoms with Crippen LogP contribution in [0.1, 0.15) is 0 Å². The SMILES string of the molecule is CN1CCN(c2nc3ccc(Cl)cc3c3ccsc23)CC1. The monoisotopic (exact) mass is 317 g/mol. The van der Waals surface area contributed by atoms with Gasteiger partial charge in [0.15, 0.2) is 0 Å². The van der Waals surface area contributed by atoms with E-state index in [2.05, 4.69) is 28.3 Å². The molecule has 1 aliphatic heterocycles. The standard InChI is InChI=1S/C16H16ClN3S/c1-19-5-7-20(8-6-19)16-15-12(4-9-21-15)13-10-11(17)2-3-14(13)18-16/h2-4,9-10H,5-8H2,1H3. The van der Waals surface area contributed by atoms with Gasteiger partial charge in [-0.2, -0.15) is 0 Å². The Balaban J connectivity index is 1.91. The van der Waals surface area contributed by atoms with Crippen LogP contribution >= 0.6 is 22.9 Å². The molecule has 0 radical (unpaired) electrons. The second-order valence-corrected chi connectivity index (χ2v) is 6.90. The first-order chi connectivity index (χ1) is 10.2. The molecule has 0 atom stereocenters. The molecule has 2 aromatic heterocycles. The molecule has 3 aromatic rings. The summed E-state index contributed by atoms with van der Waals surface area (Å²) in [5, 5.41) is 5.33. The van der Waals surface area contributed by atoms with Gasteiger partial charge in [-0.25, -0.2) is 4.98 Å². The predicted octanol–water partition coefficient (Wildman–Crippen LogP) is 3.85. The Kier molecular flexibility index (Phi) is 3.25. The fraction of sp³-hybridized carbons (Fsp3) is 0.312. The molecule has 0 aliphatic carbocycles. The Bertz CT molecular complexity index is 806. The first-order valence-corrected chi connectivity index (χ1v) is 8.38. The predicted molar refractivity (Wildman–Crippen MR) is 91.8 cm³/mol. The van der Waals surface area contributed by atoms with Crippen molar-refractivity contribution in [3.63, 3.8) is 0 Å². The number of hydrogen-bond acceptors (Lipinski definition) is 4. The van der Waals surface area contributed by atoms with E-state index >= 15 is 0 Å². The highest BCUT2D eigenvalue weighted by atomic mass is 35.5. The van der Waals surface area contributed by atoms with Crippen LogP contribution in [0.5, 0.6) is 0 Å². The molecule has 0 bridgehead atoms. The number of anilines is 1. The van der Waals surface area contributed by atoms with E-state index in [0.29, 0.717) is 0 Å². The van der Waals surface area contributed by atoms with E-state index in [1.54, 1.807) is 11.3 Å². The number of benzene rings is 1. The summed E-state index contributed by atoms with van der Waals surface area (Å²) in [6, 6.07) is 8.14. The largest absolute Gasteiger partial charge is 0.353 e. The summed E-state index contributed by atoms with van der Waals surface area (Å²) >= 11 is 7.92. The molecular formula is C16H16ClN3S. The zero-order chi connectivity index (χ0) is 14.4. The third-order valence-electron chi connectivity index (χ3n) is 4.15. The van der Waals surface area contributed by atoms with E-state index in [4.69, 9.17) is 16.6 Å². The smallest absolute Gasteiger partial charge is 0.147 e. The number of rotatable bonds is 1. The van der Waals surface area contributed by atoms with Gasteiger partial charge in [0, 0.05) is 42.0 Å². The fourth-order valence-electron chi connectivity index (χ4n) is 2.91. The van der Waals surface area contributed by atoms with Crippen LogP contribution in [0, 0.1) is 0 Å². The van der Waals surface area contributed by atoms with Crippen molar-refractivity contribution in [2.75, 3.05) is 38.1 Å². The van der Waals surface area contributed by atoms with Gasteiger partial charge in [-0.1, -0.05) is 11.6 Å². The number of piperazine rings is 1. The first kappa shape index (κ1) is 13.3. The zero-order valence-electron chi connectivity index (χ0n) is 11.8. The number of nitrogens with zero attached hydrogens (tertiary/aromatic N) is 3. The van der Waals surface area contributed by atoms with Gasteiger partial charge in [-0.3, -0.25) is 0 Å². The Hall–Kier alpha value is -1.36. The summed E-state index contributed by atoms with van der Waals surface area (Å²) in [6.45, 7) is 4.26. The molecule has 21 heavy (non-hydrogen) atoms. The number of likely N-dealkylation sites (N-methyl/N-ethyl adjacent to an activating group) is 1. The summed E-state index contributed by atoms with van der Waals surface area (Å²) < 4.78 is 1.27. The quantitative estimate of drug-likeness (QED) is 0.679. The maximum Gasteiger partial charge on any atom is 0.147 e. The Morgan fingerprint density at radius 1 is 1.10 bits per heavy atom. The minimum atomic E-state index is 0.768. The van der Waals surface area contributed by atoms with E-state index in [-0.39, 0.29) is 0 Å². The zero-order valence-corrected chi connectivity index (χ0v) is 13.4. The van der Waals surface area contributed by atoms with Gasteiger partial charge in [0.1, 0.15) is 5.82 Å². The molecule has 3 nitrogen and oxygen atoms in total. The molecule has 0 saturated carbocycles. The van der Waals surface area contributed by atoms with Crippen molar-refractivity contribution in [2.24, 2.45) is 0 Å². The number of halogens is 1. The molecule has 1 aromatic carbocycles. The van der Waals surface area contributed by atoms with Gasteiger partial charge in [0.05, 0.1) is 10.2 Å². The van der Waals surface area contributed by atoms with Crippen LogP contribution < -0.4 is 4.90 Å². The lowest BCUT2D eigenvalue weighted by Gasteiger charge is -2.33. The molecule has 0 N–H and O–H groups in total. The number of fused-ring (bicyclic) bond motifs is 3. The first-order valence-electron chi connectivity index (χ1n) is 7.12. The van der Waals surface area contributed by atoms with Gasteiger partial charge in [-0.15, -0.1) is 11.3 Å². The van der Waals surface area contributed by atoms with Crippen LogP contribution in [0.4, 0.5) is 5.82 Å². The molecule has 1 saturated heterocycles. The van der Waals surface area contributed by atoms with E-state index in [1.165, 1.54) is 10.1 Å². The van der Waals surface area contributed by atoms with E-state index < -0.39 is 0 Å². The highest BCUT2D eigenvalue weighted by molar-refractivity contribution is 7.18. The van der Waals surface area contributed by atoms with Crippen LogP contribution in [0.3, 0.4) is 0 Å². The van der Waals surface area contributed by atoms with Crippen LogP contribution in [-0.4, -0.2) is 43.1 Å². The molecule has 3 heterocycles. The van der Waals surface area contributed by atoms with E-state index in [9.17, 15) is 0 Å². The van der Waals surface area contributed by atoms with Crippen molar-refractivity contribution < 1.29 is 0 Å². The van der Waals surface area contributed by atoms with Gasteiger partial charge in [-0.05, 0) is 36.7 Å². The van der Waals surface area contributed by atoms with Crippen LogP contribution in [-0.2, 0) is 0 Å². The summed E-state index contributed by atoms with van der Waals surface area (Å²) in [5.41, 5.74) is 1.03. The number of hydrogen-bond donors (Lipinski definition) is 0. The molecule has 0 unspecified atom stereocenters. The average Bonchev–Trinajstić information content (AvgIpc) is 2.97. The Labute approximate surface area is 132 Å². The van der Waals surface area contributed by atoms with Crippen LogP contribution in [0.2, 0.25) is 5.02 Å². The van der Waals surface area contributed by atoms with Crippen molar-refractivity contribution in [3.05, 3.63) is 34.7 Å². The van der Waals surface area contributed by atoms with Gasteiger partial charge < -0.3 is 9.80 Å². The van der Waals surface area contributed by atoms with Crippen molar-refractivity contribution in [2.45, 2.75) is 0 Å². The molecule has 0 spiro atoms. The lowest BCUT2D eigenvalue weighted by atomic mass is 10.1. The minimum absolute atomic E-state index is 0.768. The van der Waals surface area contributed by atoms with E-state index in [1.807, 2.05) is 18.2 Å². The van der Waals surface area contributed by atoms with Crippen molar-refractivity contribution in [1.29, 1.82) is 0 Å². The topological polar surface area (TPSA) is 19.4 Å². The second kappa shape index (κ2) is 5.13. The fourth-order valence-corrected chi connectivity index (χ4v) is 4.01. The maximum atomic E-state index is 6.15. The number of pyridine rings is 1. The van der Waals surface area contributed by atoms with Crippen molar-refractivity contribution >= 4 is 49.7 Å². The number of thiophene rings is 1. The molecular weight excluding hydrogens is 302 g/mol. The van der Waals surface area contributed by atoms with Crippen LogP contribution in [0.25, 0.3) is 21.0 Å². The minimum Gasteiger partial charge on any atom is -0.353 e. The van der Waals surface area contributed by atoms with Crippen LogP contribution in [0.15, 0.2) is 29.6 Å². The summed E-state index contributed by atoms with van der Waals surface area (Å²) in [7, 11) is 2.17. The van der Waals surface area contributed by atoms with E-state index in [0.717, 1.165) is 47.9 Å². The van der Waals surface area contributed by atoms with Gasteiger partial charge >= 0.3 is 0 Å². The molecule has 5 heteroatoms. The molecule has 108 valence electrons. The lowest BCUT2D eigenvalue weighted by molar-refractivity contribution is 0.312. The normalized spacial score (nSPS) is 17.0. The third-order valence-corrected chi connectivity index (χ3v) is 5.29. The maximum absolute atomic E-state index is 6.15. The van der Waals surface area contributed by atoms with Gasteiger partial charge in [0.25, 0.3) is 0 Å². The molecule has 4 rings (SSSR count). The Morgan fingerprint density at radius 2 is 1.90 bits per heavy atom. The summed E-state index contributed by atoms with van der Waals surface area (Å²) in [4.78, 5) is 9.70. The average molecular weight is 318 g/mol. The third kappa shape index (κ3) is 2.27. The highest BCUT2D eigenvalue weighted by Crippen LogP contribution is 2.36.